The van der Waals surface area contributed by atoms with Gasteiger partial charge in [-0.15, -0.1) is 0 Å². The number of fused-ring (bicyclic) bond motifs is 5. The Kier molecular flexibility index (Phi) is 3.56. The average molecular weight is 391 g/mol. The van der Waals surface area contributed by atoms with E-state index in [0.29, 0.717) is 16.9 Å². The Hall–Kier alpha value is -2.13. The van der Waals surface area contributed by atoms with Gasteiger partial charge in [0, 0.05) is 16.1 Å². The van der Waals surface area contributed by atoms with Gasteiger partial charge in [-0.3, -0.25) is 9.79 Å². The maximum atomic E-state index is 13.7. The predicted octanol–water partition coefficient (Wildman–Crippen LogP) is 5.32. The molecule has 0 unspecified atom stereocenters. The van der Waals surface area contributed by atoms with E-state index in [4.69, 9.17) is 16.6 Å². The zero-order valence-electron chi connectivity index (χ0n) is 15.7. The molecule has 5 atom stereocenters. The van der Waals surface area contributed by atoms with Gasteiger partial charge in [-0.2, -0.15) is 0 Å². The molecule has 4 aliphatic rings. The number of aliphatic imine (C=N–C) groups is 1. The van der Waals surface area contributed by atoms with Gasteiger partial charge in [0.05, 0.1) is 11.4 Å². The van der Waals surface area contributed by atoms with E-state index in [2.05, 4.69) is 17.4 Å². The molecule has 2 aromatic carbocycles. The molecule has 2 aromatic rings. The third-order valence-electron chi connectivity index (χ3n) is 7.75. The maximum Gasteiger partial charge on any atom is 0.252 e. The lowest BCUT2D eigenvalue weighted by Crippen LogP contribution is -2.55. The molecule has 3 aliphatic carbocycles. The van der Waals surface area contributed by atoms with E-state index in [0.717, 1.165) is 60.0 Å². The van der Waals surface area contributed by atoms with Crippen LogP contribution in [-0.2, 0) is 4.79 Å². The zero-order chi connectivity index (χ0) is 18.9. The molecule has 0 aromatic heterocycles. The Morgan fingerprint density at radius 3 is 2.61 bits per heavy atom. The Morgan fingerprint density at radius 2 is 1.75 bits per heavy atom. The minimum Gasteiger partial charge on any atom is -0.323 e. The Bertz CT molecular complexity index is 991. The summed E-state index contributed by atoms with van der Waals surface area (Å²) in [5.41, 5.74) is 3.07. The van der Waals surface area contributed by atoms with Crippen molar-refractivity contribution in [2.24, 2.45) is 28.7 Å². The van der Waals surface area contributed by atoms with Crippen molar-refractivity contribution in [2.75, 3.05) is 5.32 Å². The van der Waals surface area contributed by atoms with Crippen LogP contribution in [0.3, 0.4) is 0 Å². The number of carbonyl (C=O) groups excluding carboxylic acids is 1. The fourth-order valence-corrected chi connectivity index (χ4v) is 6.73. The van der Waals surface area contributed by atoms with Crippen LogP contribution in [0.25, 0.3) is 0 Å². The molecule has 4 heteroatoms. The summed E-state index contributed by atoms with van der Waals surface area (Å²) in [5, 5.41) is 3.93. The van der Waals surface area contributed by atoms with Crippen LogP contribution < -0.4 is 5.32 Å². The van der Waals surface area contributed by atoms with Crippen molar-refractivity contribution in [3.05, 3.63) is 64.7 Å². The zero-order valence-corrected chi connectivity index (χ0v) is 16.5. The van der Waals surface area contributed by atoms with Gasteiger partial charge in [-0.25, -0.2) is 0 Å². The molecule has 28 heavy (non-hydrogen) atoms. The fourth-order valence-electron chi connectivity index (χ4n) is 6.55. The molecule has 6 rings (SSSR count). The number of rotatable bonds is 1. The summed E-state index contributed by atoms with van der Waals surface area (Å²) in [4.78, 5) is 19.1. The van der Waals surface area contributed by atoms with Crippen LogP contribution in [0.15, 0.2) is 53.5 Å². The smallest absolute Gasteiger partial charge is 0.252 e. The molecule has 1 heterocycles. The molecule has 3 nitrogen and oxygen atoms in total. The SMILES string of the molecule is O=C1Nc2ccc(Cl)cc2C(c2ccccc2)=N[C@@]12[C@H]1C[C@@H]3CC[C@H]2C[C@@H]3C1. The number of carbonyl (C=O) groups is 1. The van der Waals surface area contributed by atoms with Crippen molar-refractivity contribution in [1.82, 2.24) is 0 Å². The summed E-state index contributed by atoms with van der Waals surface area (Å²) in [6.07, 6.45) is 5.83. The number of halogens is 1. The largest absolute Gasteiger partial charge is 0.323 e. The molecule has 3 bridgehead atoms. The number of benzene rings is 2. The van der Waals surface area contributed by atoms with Crippen LogP contribution in [-0.4, -0.2) is 17.2 Å². The van der Waals surface area contributed by atoms with Gasteiger partial charge in [0.25, 0.3) is 5.91 Å². The van der Waals surface area contributed by atoms with Crippen LogP contribution in [0.2, 0.25) is 5.02 Å². The van der Waals surface area contributed by atoms with Gasteiger partial charge in [-0.05, 0) is 74.0 Å². The van der Waals surface area contributed by atoms with Crippen molar-refractivity contribution >= 4 is 28.9 Å². The first kappa shape index (κ1) is 16.8. The molecule has 1 spiro atoms. The Labute approximate surface area is 170 Å². The summed E-state index contributed by atoms with van der Waals surface area (Å²) in [5.74, 6) is 2.39. The molecule has 142 valence electrons. The van der Waals surface area contributed by atoms with E-state index >= 15 is 0 Å². The summed E-state index contributed by atoms with van der Waals surface area (Å²) in [6, 6.07) is 16.0. The number of anilines is 1. The van der Waals surface area contributed by atoms with Crippen molar-refractivity contribution in [3.63, 3.8) is 0 Å². The van der Waals surface area contributed by atoms with E-state index in [-0.39, 0.29) is 5.91 Å². The highest BCUT2D eigenvalue weighted by atomic mass is 35.5. The quantitative estimate of drug-likeness (QED) is 0.703. The number of nitrogens with one attached hydrogen (secondary N) is 1. The van der Waals surface area contributed by atoms with Crippen LogP contribution in [0.4, 0.5) is 5.69 Å². The lowest BCUT2D eigenvalue weighted by molar-refractivity contribution is -0.127. The van der Waals surface area contributed by atoms with E-state index < -0.39 is 5.54 Å². The number of hydrogen-bond acceptors (Lipinski definition) is 2. The lowest BCUT2D eigenvalue weighted by Gasteiger charge is -2.46. The van der Waals surface area contributed by atoms with E-state index in [1.54, 1.807) is 0 Å². The topological polar surface area (TPSA) is 41.5 Å². The van der Waals surface area contributed by atoms with Gasteiger partial charge < -0.3 is 5.32 Å². The standard InChI is InChI=1S/C24H23ClN2O/c25-19-8-9-21-20(13-19)22(14-4-2-1-3-5-14)27-24(23(28)26-21)17-7-6-15-10-18(24)12-16(15)11-17/h1-5,8-9,13,15-18H,6-7,10-12H2,(H,26,28)/t15-,16+,17-,18-,24-/m0/s1. The van der Waals surface area contributed by atoms with Gasteiger partial charge in [0.1, 0.15) is 5.54 Å². The van der Waals surface area contributed by atoms with Crippen LogP contribution in [0.5, 0.6) is 0 Å². The number of hydrogen-bond donors (Lipinski definition) is 1. The van der Waals surface area contributed by atoms with Gasteiger partial charge >= 0.3 is 0 Å². The lowest BCUT2D eigenvalue weighted by atomic mass is 9.62. The highest BCUT2D eigenvalue weighted by Gasteiger charge is 2.62. The summed E-state index contributed by atoms with van der Waals surface area (Å²) >= 11 is 6.35. The third kappa shape index (κ3) is 2.23. The second-order valence-electron chi connectivity index (χ2n) is 8.99. The molecule has 0 saturated heterocycles. The van der Waals surface area contributed by atoms with Crippen molar-refractivity contribution < 1.29 is 4.79 Å². The number of nitrogens with zero attached hydrogens (tertiary/aromatic N) is 1. The molecule has 3 saturated carbocycles. The molecule has 3 fully saturated rings. The molecule has 1 N–H and O–H groups in total. The van der Waals surface area contributed by atoms with E-state index in [1.807, 2.05) is 36.4 Å². The van der Waals surface area contributed by atoms with E-state index in [1.165, 1.54) is 6.42 Å². The normalized spacial score (nSPS) is 35.3. The van der Waals surface area contributed by atoms with Crippen molar-refractivity contribution in [2.45, 2.75) is 37.6 Å². The average Bonchev–Trinajstić information content (AvgIpc) is 2.96. The highest BCUT2D eigenvalue weighted by Crippen LogP contribution is 2.61. The number of amides is 1. The monoisotopic (exact) mass is 390 g/mol. The highest BCUT2D eigenvalue weighted by molar-refractivity contribution is 6.32. The third-order valence-corrected chi connectivity index (χ3v) is 7.99. The summed E-state index contributed by atoms with van der Waals surface area (Å²) in [6.45, 7) is 0. The first-order valence-corrected chi connectivity index (χ1v) is 10.8. The summed E-state index contributed by atoms with van der Waals surface area (Å²) in [7, 11) is 0. The molecule has 1 amide bonds. The van der Waals surface area contributed by atoms with Crippen LogP contribution >= 0.6 is 11.6 Å². The van der Waals surface area contributed by atoms with E-state index in [9.17, 15) is 4.79 Å². The minimum atomic E-state index is -0.640. The second kappa shape index (κ2) is 5.93. The predicted molar refractivity (Wildman–Crippen MR) is 112 cm³/mol. The van der Waals surface area contributed by atoms with Gasteiger partial charge in [0.15, 0.2) is 0 Å². The Balaban J connectivity index is 1.62. The van der Waals surface area contributed by atoms with Crippen LogP contribution in [0, 0.1) is 23.7 Å². The van der Waals surface area contributed by atoms with Crippen molar-refractivity contribution in [3.8, 4) is 0 Å². The molecular formula is C24H23ClN2O. The summed E-state index contributed by atoms with van der Waals surface area (Å²) < 4.78 is 0. The van der Waals surface area contributed by atoms with Crippen molar-refractivity contribution in [1.29, 1.82) is 0 Å². The molecule has 0 radical (unpaired) electrons. The molecular weight excluding hydrogens is 368 g/mol. The molecule has 1 aliphatic heterocycles. The minimum absolute atomic E-state index is 0.0954. The fraction of sp³-hybridized carbons (Fsp3) is 0.417. The van der Waals surface area contributed by atoms with Crippen LogP contribution in [0.1, 0.15) is 43.2 Å². The van der Waals surface area contributed by atoms with Gasteiger partial charge in [-0.1, -0.05) is 41.9 Å². The Morgan fingerprint density at radius 1 is 0.964 bits per heavy atom. The van der Waals surface area contributed by atoms with Gasteiger partial charge in [0.2, 0.25) is 0 Å². The second-order valence-corrected chi connectivity index (χ2v) is 9.43. The maximum absolute atomic E-state index is 13.7. The first-order valence-electron chi connectivity index (χ1n) is 10.4. The first-order chi connectivity index (χ1) is 13.6.